The van der Waals surface area contributed by atoms with E-state index in [1.165, 1.54) is 12.1 Å². The van der Waals surface area contributed by atoms with Crippen molar-refractivity contribution in [2.75, 3.05) is 5.73 Å². The number of halogens is 1. The van der Waals surface area contributed by atoms with Crippen LogP contribution in [0, 0.1) is 17.0 Å². The summed E-state index contributed by atoms with van der Waals surface area (Å²) in [5.74, 6) is 0.689. The van der Waals surface area contributed by atoms with Crippen LogP contribution < -0.4 is 10.5 Å². The zero-order chi connectivity index (χ0) is 14.7. The topological polar surface area (TPSA) is 78.4 Å². The van der Waals surface area contributed by atoms with Gasteiger partial charge in [0.2, 0.25) is 0 Å². The van der Waals surface area contributed by atoms with Gasteiger partial charge in [0.25, 0.3) is 5.69 Å². The van der Waals surface area contributed by atoms with Crippen molar-refractivity contribution >= 4 is 23.0 Å². The Balaban J connectivity index is 2.15. The maximum Gasteiger partial charge on any atom is 0.292 e. The van der Waals surface area contributed by atoms with Crippen LogP contribution in [0.2, 0.25) is 5.02 Å². The monoisotopic (exact) mass is 292 g/mol. The molecule has 0 unspecified atom stereocenters. The van der Waals surface area contributed by atoms with E-state index < -0.39 is 4.92 Å². The predicted octanol–water partition coefficient (Wildman–Crippen LogP) is 3.72. The summed E-state index contributed by atoms with van der Waals surface area (Å²) in [5, 5.41) is 11.4. The minimum atomic E-state index is -0.508. The first-order chi connectivity index (χ1) is 9.47. The lowest BCUT2D eigenvalue weighted by Crippen LogP contribution is -2.00. The van der Waals surface area contributed by atoms with Crippen LogP contribution in [-0.2, 0) is 6.61 Å². The second-order valence-electron chi connectivity index (χ2n) is 4.35. The summed E-state index contributed by atoms with van der Waals surface area (Å²) in [6.07, 6.45) is 0. The summed E-state index contributed by atoms with van der Waals surface area (Å²) >= 11 is 5.86. The van der Waals surface area contributed by atoms with E-state index in [1.54, 1.807) is 24.3 Å². The molecule has 0 aliphatic rings. The molecule has 0 heterocycles. The zero-order valence-corrected chi connectivity index (χ0v) is 11.6. The summed E-state index contributed by atoms with van der Waals surface area (Å²) in [5.41, 5.74) is 7.16. The van der Waals surface area contributed by atoms with E-state index in [0.29, 0.717) is 16.3 Å². The largest absolute Gasteiger partial charge is 0.489 e. The fourth-order valence-electron chi connectivity index (χ4n) is 1.77. The molecule has 6 heteroatoms. The molecule has 0 aliphatic carbocycles. The Morgan fingerprint density at radius 1 is 1.30 bits per heavy atom. The third-order valence-corrected chi connectivity index (χ3v) is 3.06. The number of ether oxygens (including phenoxy) is 1. The van der Waals surface area contributed by atoms with Crippen LogP contribution >= 0.6 is 11.6 Å². The number of nitro benzene ring substituents is 1. The molecule has 0 saturated carbocycles. The number of nitrogens with zero attached hydrogens (tertiary/aromatic N) is 1. The molecule has 104 valence electrons. The number of nitro groups is 1. The van der Waals surface area contributed by atoms with Crippen molar-refractivity contribution in [1.82, 2.24) is 0 Å². The molecule has 0 bridgehead atoms. The third kappa shape index (κ3) is 3.19. The minimum absolute atomic E-state index is 0.112. The van der Waals surface area contributed by atoms with Crippen LogP contribution in [0.15, 0.2) is 36.4 Å². The smallest absolute Gasteiger partial charge is 0.292 e. The number of hydrogen-bond acceptors (Lipinski definition) is 4. The van der Waals surface area contributed by atoms with Gasteiger partial charge in [0.1, 0.15) is 18.0 Å². The number of rotatable bonds is 4. The highest BCUT2D eigenvalue weighted by molar-refractivity contribution is 6.30. The average molecular weight is 293 g/mol. The van der Waals surface area contributed by atoms with E-state index in [1.807, 2.05) is 6.92 Å². The maximum atomic E-state index is 10.8. The van der Waals surface area contributed by atoms with Crippen LogP contribution in [-0.4, -0.2) is 4.92 Å². The fraction of sp³-hybridized carbons (Fsp3) is 0.143. The number of nitrogens with two attached hydrogens (primary N) is 1. The quantitative estimate of drug-likeness (QED) is 0.529. The number of hydrogen-bond donors (Lipinski definition) is 1. The van der Waals surface area contributed by atoms with Gasteiger partial charge in [-0.3, -0.25) is 10.1 Å². The minimum Gasteiger partial charge on any atom is -0.489 e. The first-order valence-electron chi connectivity index (χ1n) is 5.89. The van der Waals surface area contributed by atoms with Crippen LogP contribution in [0.5, 0.6) is 5.75 Å². The Labute approximate surface area is 121 Å². The van der Waals surface area contributed by atoms with Crippen molar-refractivity contribution in [3.63, 3.8) is 0 Å². The van der Waals surface area contributed by atoms with E-state index in [9.17, 15) is 10.1 Å². The van der Waals surface area contributed by atoms with Gasteiger partial charge < -0.3 is 10.5 Å². The lowest BCUT2D eigenvalue weighted by atomic mass is 10.2. The van der Waals surface area contributed by atoms with Crippen LogP contribution in [0.4, 0.5) is 11.4 Å². The van der Waals surface area contributed by atoms with Gasteiger partial charge in [0.05, 0.1) is 4.92 Å². The lowest BCUT2D eigenvalue weighted by molar-refractivity contribution is -0.384. The molecule has 2 N–H and O–H groups in total. The lowest BCUT2D eigenvalue weighted by Gasteiger charge is -2.09. The van der Waals surface area contributed by atoms with Crippen molar-refractivity contribution < 1.29 is 9.66 Å². The van der Waals surface area contributed by atoms with Gasteiger partial charge in [0.15, 0.2) is 0 Å². The number of anilines is 1. The maximum absolute atomic E-state index is 10.8. The molecular weight excluding hydrogens is 280 g/mol. The summed E-state index contributed by atoms with van der Waals surface area (Å²) in [6, 6.07) is 9.92. The molecule has 0 amide bonds. The Morgan fingerprint density at radius 2 is 2.05 bits per heavy atom. The van der Waals surface area contributed by atoms with Crippen LogP contribution in [0.25, 0.3) is 0 Å². The summed E-state index contributed by atoms with van der Waals surface area (Å²) in [7, 11) is 0. The van der Waals surface area contributed by atoms with Crippen molar-refractivity contribution in [3.8, 4) is 5.75 Å². The van der Waals surface area contributed by atoms with Crippen LogP contribution in [0.1, 0.15) is 11.1 Å². The van der Waals surface area contributed by atoms with Crippen molar-refractivity contribution in [3.05, 3.63) is 62.7 Å². The molecule has 0 aliphatic heterocycles. The Kier molecular flexibility index (Phi) is 4.10. The second-order valence-corrected chi connectivity index (χ2v) is 4.79. The molecule has 0 aromatic heterocycles. The molecule has 2 aromatic rings. The summed E-state index contributed by atoms with van der Waals surface area (Å²) < 4.78 is 5.63. The van der Waals surface area contributed by atoms with E-state index in [0.717, 1.165) is 5.56 Å². The number of benzene rings is 2. The normalized spacial score (nSPS) is 10.3. The summed E-state index contributed by atoms with van der Waals surface area (Å²) in [6.45, 7) is 2.11. The van der Waals surface area contributed by atoms with Gasteiger partial charge in [-0.15, -0.1) is 0 Å². The first kappa shape index (κ1) is 14.1. The van der Waals surface area contributed by atoms with E-state index >= 15 is 0 Å². The molecule has 0 spiro atoms. The highest BCUT2D eigenvalue weighted by Gasteiger charge is 2.12. The van der Waals surface area contributed by atoms with Gasteiger partial charge in [-0.05, 0) is 42.3 Å². The molecule has 0 saturated heterocycles. The van der Waals surface area contributed by atoms with Crippen molar-refractivity contribution in [2.24, 2.45) is 0 Å². The van der Waals surface area contributed by atoms with Gasteiger partial charge in [0, 0.05) is 11.1 Å². The third-order valence-electron chi connectivity index (χ3n) is 2.82. The van der Waals surface area contributed by atoms with E-state index in [2.05, 4.69) is 0 Å². The molecule has 2 rings (SSSR count). The Hall–Kier alpha value is -2.27. The average Bonchev–Trinajstić information content (AvgIpc) is 2.39. The Morgan fingerprint density at radius 3 is 2.70 bits per heavy atom. The molecule has 0 fully saturated rings. The molecule has 0 radical (unpaired) electrons. The molecular formula is C14H13ClN2O3. The second kappa shape index (κ2) is 5.79. The van der Waals surface area contributed by atoms with Gasteiger partial charge in [-0.1, -0.05) is 17.7 Å². The highest BCUT2D eigenvalue weighted by atomic mass is 35.5. The highest BCUT2D eigenvalue weighted by Crippen LogP contribution is 2.25. The zero-order valence-electron chi connectivity index (χ0n) is 10.8. The first-order valence-corrected chi connectivity index (χ1v) is 6.27. The number of nitrogen functional groups attached to an aromatic ring is 1. The van der Waals surface area contributed by atoms with Gasteiger partial charge in [-0.2, -0.15) is 0 Å². The number of aryl methyl sites for hydroxylation is 1. The molecule has 0 atom stereocenters. The fourth-order valence-corrected chi connectivity index (χ4v) is 2.00. The predicted molar refractivity (Wildman–Crippen MR) is 78.0 cm³/mol. The van der Waals surface area contributed by atoms with Gasteiger partial charge >= 0.3 is 0 Å². The van der Waals surface area contributed by atoms with Crippen LogP contribution in [0.3, 0.4) is 0 Å². The van der Waals surface area contributed by atoms with Crippen molar-refractivity contribution in [1.29, 1.82) is 0 Å². The standard InChI is InChI=1S/C14H13ClN2O3/c1-9-6-11(15)3-5-14(9)20-8-10-2-4-12(16)13(7-10)17(18)19/h2-7H,8,16H2,1H3. The van der Waals surface area contributed by atoms with Gasteiger partial charge in [-0.25, -0.2) is 0 Å². The van der Waals surface area contributed by atoms with E-state index in [4.69, 9.17) is 22.1 Å². The van der Waals surface area contributed by atoms with Crippen molar-refractivity contribution in [2.45, 2.75) is 13.5 Å². The van der Waals surface area contributed by atoms with E-state index in [-0.39, 0.29) is 18.0 Å². The SMILES string of the molecule is Cc1cc(Cl)ccc1OCc1ccc(N)c([N+](=O)[O-])c1. The molecule has 2 aromatic carbocycles. The molecule has 20 heavy (non-hydrogen) atoms. The Bertz CT molecular complexity index is 659. The molecule has 5 nitrogen and oxygen atoms in total. The summed E-state index contributed by atoms with van der Waals surface area (Å²) in [4.78, 5) is 10.3.